The van der Waals surface area contributed by atoms with E-state index >= 15 is 0 Å². The second-order valence-electron chi connectivity index (χ2n) is 6.27. The standard InChI is InChI=1S/C16H26N2O2/c1-16(2,3)20-14-6-4-13(5-7-14)15(12-19)18-10-8-17-9-11-18/h4-7,15,17,19H,8-12H2,1-3H3/t15-/m1/s1. The van der Waals surface area contributed by atoms with Gasteiger partial charge in [-0.25, -0.2) is 0 Å². The lowest BCUT2D eigenvalue weighted by Gasteiger charge is -2.34. The van der Waals surface area contributed by atoms with Gasteiger partial charge in [0.25, 0.3) is 0 Å². The Morgan fingerprint density at radius 3 is 2.30 bits per heavy atom. The van der Waals surface area contributed by atoms with E-state index in [2.05, 4.69) is 22.3 Å². The summed E-state index contributed by atoms with van der Waals surface area (Å²) in [6, 6.07) is 8.19. The second-order valence-corrected chi connectivity index (χ2v) is 6.27. The average Bonchev–Trinajstić information content (AvgIpc) is 2.41. The maximum Gasteiger partial charge on any atom is 0.120 e. The molecule has 1 heterocycles. The molecule has 1 fully saturated rings. The van der Waals surface area contributed by atoms with Gasteiger partial charge in [0.05, 0.1) is 12.6 Å². The van der Waals surface area contributed by atoms with Crippen LogP contribution in [0.15, 0.2) is 24.3 Å². The van der Waals surface area contributed by atoms with Crippen molar-refractivity contribution < 1.29 is 9.84 Å². The van der Waals surface area contributed by atoms with Crippen molar-refractivity contribution in [2.45, 2.75) is 32.4 Å². The van der Waals surface area contributed by atoms with Gasteiger partial charge in [0.15, 0.2) is 0 Å². The highest BCUT2D eigenvalue weighted by Gasteiger charge is 2.21. The number of benzene rings is 1. The molecular formula is C16H26N2O2. The molecule has 1 atom stereocenters. The Kier molecular flexibility index (Phi) is 5.02. The fourth-order valence-corrected chi connectivity index (χ4v) is 2.54. The fourth-order valence-electron chi connectivity index (χ4n) is 2.54. The molecule has 0 aliphatic carbocycles. The van der Waals surface area contributed by atoms with Gasteiger partial charge in [0, 0.05) is 26.2 Å². The van der Waals surface area contributed by atoms with Crippen molar-refractivity contribution in [2.24, 2.45) is 0 Å². The largest absolute Gasteiger partial charge is 0.488 e. The van der Waals surface area contributed by atoms with Crippen molar-refractivity contribution in [3.8, 4) is 5.75 Å². The molecule has 1 aromatic rings. The molecule has 20 heavy (non-hydrogen) atoms. The van der Waals surface area contributed by atoms with E-state index in [4.69, 9.17) is 4.74 Å². The minimum Gasteiger partial charge on any atom is -0.488 e. The summed E-state index contributed by atoms with van der Waals surface area (Å²) in [4.78, 5) is 2.33. The van der Waals surface area contributed by atoms with Gasteiger partial charge in [-0.15, -0.1) is 0 Å². The van der Waals surface area contributed by atoms with Crippen LogP contribution in [-0.4, -0.2) is 48.4 Å². The highest BCUT2D eigenvalue weighted by Crippen LogP contribution is 2.24. The quantitative estimate of drug-likeness (QED) is 0.881. The zero-order chi connectivity index (χ0) is 14.6. The lowest BCUT2D eigenvalue weighted by atomic mass is 10.0. The van der Waals surface area contributed by atoms with Crippen LogP contribution in [0.4, 0.5) is 0 Å². The van der Waals surface area contributed by atoms with Crippen molar-refractivity contribution in [2.75, 3.05) is 32.8 Å². The number of hydrogen-bond acceptors (Lipinski definition) is 4. The van der Waals surface area contributed by atoms with Gasteiger partial charge in [-0.05, 0) is 38.5 Å². The van der Waals surface area contributed by atoms with Crippen LogP contribution in [-0.2, 0) is 0 Å². The number of nitrogens with one attached hydrogen (secondary N) is 1. The van der Waals surface area contributed by atoms with E-state index in [1.54, 1.807) is 0 Å². The Balaban J connectivity index is 2.06. The molecule has 0 saturated carbocycles. The van der Waals surface area contributed by atoms with Gasteiger partial charge >= 0.3 is 0 Å². The number of aliphatic hydroxyl groups excluding tert-OH is 1. The molecule has 0 unspecified atom stereocenters. The van der Waals surface area contributed by atoms with E-state index in [9.17, 15) is 5.11 Å². The molecule has 0 radical (unpaired) electrons. The number of aliphatic hydroxyl groups is 1. The minimum absolute atomic E-state index is 0.0841. The first kappa shape index (κ1) is 15.3. The molecule has 4 nitrogen and oxygen atoms in total. The zero-order valence-electron chi connectivity index (χ0n) is 12.7. The summed E-state index contributed by atoms with van der Waals surface area (Å²) in [5, 5.41) is 13.0. The second kappa shape index (κ2) is 6.57. The molecule has 4 heteroatoms. The highest BCUT2D eigenvalue weighted by atomic mass is 16.5. The smallest absolute Gasteiger partial charge is 0.120 e. The number of hydrogen-bond donors (Lipinski definition) is 2. The van der Waals surface area contributed by atoms with Crippen LogP contribution in [0.25, 0.3) is 0 Å². The van der Waals surface area contributed by atoms with Crippen LogP contribution in [0, 0.1) is 0 Å². The Morgan fingerprint density at radius 1 is 1.20 bits per heavy atom. The number of rotatable bonds is 4. The van der Waals surface area contributed by atoms with Crippen LogP contribution in [0.2, 0.25) is 0 Å². The Bertz CT molecular complexity index is 405. The fraction of sp³-hybridized carbons (Fsp3) is 0.625. The molecule has 0 bridgehead atoms. The Labute approximate surface area is 121 Å². The first-order chi connectivity index (χ1) is 9.49. The number of nitrogens with zero attached hydrogens (tertiary/aromatic N) is 1. The van der Waals surface area contributed by atoms with Crippen molar-refractivity contribution in [1.29, 1.82) is 0 Å². The summed E-state index contributed by atoms with van der Waals surface area (Å²) in [6.45, 7) is 10.2. The van der Waals surface area contributed by atoms with E-state index in [0.717, 1.165) is 37.5 Å². The van der Waals surface area contributed by atoms with Gasteiger partial charge in [-0.1, -0.05) is 12.1 Å². The molecule has 1 aliphatic rings. The lowest BCUT2D eigenvalue weighted by molar-refractivity contribution is 0.110. The molecule has 0 aromatic heterocycles. The predicted molar refractivity (Wildman–Crippen MR) is 81.1 cm³/mol. The maximum atomic E-state index is 9.69. The minimum atomic E-state index is -0.184. The van der Waals surface area contributed by atoms with Crippen molar-refractivity contribution >= 4 is 0 Å². The van der Waals surface area contributed by atoms with Gasteiger partial charge in [0.2, 0.25) is 0 Å². The number of piperazine rings is 1. The Morgan fingerprint density at radius 2 is 1.80 bits per heavy atom. The summed E-state index contributed by atoms with van der Waals surface area (Å²) < 4.78 is 5.83. The summed E-state index contributed by atoms with van der Waals surface area (Å²) >= 11 is 0. The third kappa shape index (κ3) is 4.20. The molecule has 1 aliphatic heterocycles. The first-order valence-corrected chi connectivity index (χ1v) is 7.34. The van der Waals surface area contributed by atoms with E-state index in [1.807, 2.05) is 32.9 Å². The molecule has 0 spiro atoms. The Hall–Kier alpha value is -1.10. The maximum absolute atomic E-state index is 9.69. The predicted octanol–water partition coefficient (Wildman–Crippen LogP) is 1.80. The zero-order valence-corrected chi connectivity index (χ0v) is 12.7. The van der Waals surface area contributed by atoms with Crippen molar-refractivity contribution in [1.82, 2.24) is 10.2 Å². The highest BCUT2D eigenvalue weighted by molar-refractivity contribution is 5.29. The summed E-state index contributed by atoms with van der Waals surface area (Å²) in [7, 11) is 0. The van der Waals surface area contributed by atoms with Crippen LogP contribution >= 0.6 is 0 Å². The third-order valence-electron chi connectivity index (χ3n) is 3.45. The molecule has 2 N–H and O–H groups in total. The summed E-state index contributed by atoms with van der Waals surface area (Å²) in [5.74, 6) is 0.873. The van der Waals surface area contributed by atoms with E-state index in [-0.39, 0.29) is 18.2 Å². The van der Waals surface area contributed by atoms with Gasteiger partial charge < -0.3 is 15.2 Å². The summed E-state index contributed by atoms with van der Waals surface area (Å²) in [6.07, 6.45) is 0. The SMILES string of the molecule is CC(C)(C)Oc1ccc([C@@H](CO)N2CCNCC2)cc1. The van der Waals surface area contributed by atoms with E-state index < -0.39 is 0 Å². The third-order valence-corrected chi connectivity index (χ3v) is 3.45. The van der Waals surface area contributed by atoms with Gasteiger partial charge in [0.1, 0.15) is 11.4 Å². The van der Waals surface area contributed by atoms with Crippen LogP contribution in [0.5, 0.6) is 5.75 Å². The molecule has 112 valence electrons. The van der Waals surface area contributed by atoms with Crippen molar-refractivity contribution in [3.63, 3.8) is 0 Å². The van der Waals surface area contributed by atoms with E-state index in [0.29, 0.717) is 0 Å². The normalized spacial score (nSPS) is 18.8. The van der Waals surface area contributed by atoms with Crippen molar-refractivity contribution in [3.05, 3.63) is 29.8 Å². The van der Waals surface area contributed by atoms with Gasteiger partial charge in [-0.2, -0.15) is 0 Å². The lowest BCUT2D eigenvalue weighted by Crippen LogP contribution is -2.46. The van der Waals surface area contributed by atoms with Crippen LogP contribution < -0.4 is 10.1 Å². The van der Waals surface area contributed by atoms with Gasteiger partial charge in [-0.3, -0.25) is 4.90 Å². The molecule has 2 rings (SSSR count). The monoisotopic (exact) mass is 278 g/mol. The molecule has 1 aromatic carbocycles. The first-order valence-electron chi connectivity index (χ1n) is 7.34. The average molecular weight is 278 g/mol. The number of ether oxygens (including phenoxy) is 1. The molecule has 1 saturated heterocycles. The molecular weight excluding hydrogens is 252 g/mol. The summed E-state index contributed by atoms with van der Waals surface area (Å²) in [5.41, 5.74) is 0.965. The van der Waals surface area contributed by atoms with Crippen LogP contribution in [0.1, 0.15) is 32.4 Å². The molecule has 0 amide bonds. The van der Waals surface area contributed by atoms with E-state index in [1.165, 1.54) is 0 Å². The van der Waals surface area contributed by atoms with Crippen LogP contribution in [0.3, 0.4) is 0 Å². The topological polar surface area (TPSA) is 44.7 Å².